The molecule has 1 aromatic heterocycles. The van der Waals surface area contributed by atoms with Crippen LogP contribution in [0, 0.1) is 0 Å². The van der Waals surface area contributed by atoms with E-state index < -0.39 is 0 Å². The first-order chi connectivity index (χ1) is 15.5. The molecule has 1 atom stereocenters. The molecule has 0 bridgehead atoms. The average molecular weight is 470 g/mol. The van der Waals surface area contributed by atoms with E-state index in [-0.39, 0.29) is 11.9 Å². The number of hydrogen-bond donors (Lipinski definition) is 1. The molecule has 3 aromatic rings. The molecule has 6 nitrogen and oxygen atoms in total. The second-order valence-corrected chi connectivity index (χ2v) is 8.66. The summed E-state index contributed by atoms with van der Waals surface area (Å²) in [5.41, 5.74) is 9.01. The molecular formula is C24H25Cl2N5O. The number of nitrogens with zero attached hydrogens (tertiary/aromatic N) is 4. The first-order valence-electron chi connectivity index (χ1n) is 10.6. The molecule has 1 aliphatic rings. The third kappa shape index (κ3) is 4.88. The Labute approximate surface area is 198 Å². The highest BCUT2D eigenvalue weighted by Gasteiger charge is 2.27. The zero-order chi connectivity index (χ0) is 22.7. The average Bonchev–Trinajstić information content (AvgIpc) is 2.80. The smallest absolute Gasteiger partial charge is 0.234 e. The Morgan fingerprint density at radius 2 is 1.47 bits per heavy atom. The van der Waals surface area contributed by atoms with Crippen LogP contribution in [0.1, 0.15) is 13.3 Å². The molecule has 0 radical (unpaired) electrons. The third-order valence-electron chi connectivity index (χ3n) is 5.79. The van der Waals surface area contributed by atoms with Gasteiger partial charge in [-0.1, -0.05) is 54.4 Å². The molecular weight excluding hydrogens is 445 g/mol. The lowest BCUT2D eigenvalue weighted by Crippen LogP contribution is -2.54. The van der Waals surface area contributed by atoms with Crippen molar-refractivity contribution in [2.75, 3.05) is 31.1 Å². The van der Waals surface area contributed by atoms with Crippen LogP contribution >= 0.6 is 23.2 Å². The van der Waals surface area contributed by atoms with Gasteiger partial charge < -0.3 is 10.6 Å². The maximum Gasteiger partial charge on any atom is 0.234 e. The number of anilines is 1. The number of rotatable bonds is 6. The van der Waals surface area contributed by atoms with Crippen LogP contribution in [0.2, 0.25) is 10.0 Å². The Balaban J connectivity index is 1.65. The second-order valence-electron chi connectivity index (χ2n) is 7.79. The standard InChI is InChI=1S/C24H25Cl2N5O/c1-2-20(24(27)32)30-11-13-31(14-12-30)21-15-28-22(16-3-7-18(25)8-4-16)23(29-21)17-5-9-19(26)10-6-17/h3-10,15,20H,2,11-14H2,1H3,(H2,27,32). The van der Waals surface area contributed by atoms with Crippen LogP contribution in [0.25, 0.3) is 22.5 Å². The lowest BCUT2D eigenvalue weighted by atomic mass is 10.0. The summed E-state index contributed by atoms with van der Waals surface area (Å²) < 4.78 is 0. The number of nitrogens with two attached hydrogens (primary N) is 1. The Morgan fingerprint density at radius 3 is 1.97 bits per heavy atom. The van der Waals surface area contributed by atoms with Crippen LogP contribution in [0.3, 0.4) is 0 Å². The summed E-state index contributed by atoms with van der Waals surface area (Å²) >= 11 is 12.2. The Morgan fingerprint density at radius 1 is 0.938 bits per heavy atom. The second kappa shape index (κ2) is 9.86. The van der Waals surface area contributed by atoms with Gasteiger partial charge in [-0.3, -0.25) is 14.7 Å². The van der Waals surface area contributed by atoms with Crippen LogP contribution in [-0.2, 0) is 4.79 Å². The van der Waals surface area contributed by atoms with E-state index in [1.54, 1.807) is 0 Å². The van der Waals surface area contributed by atoms with E-state index in [0.717, 1.165) is 54.5 Å². The number of benzene rings is 2. The summed E-state index contributed by atoms with van der Waals surface area (Å²) in [4.78, 5) is 25.9. The molecule has 1 aliphatic heterocycles. The van der Waals surface area contributed by atoms with E-state index in [1.165, 1.54) is 0 Å². The molecule has 0 saturated carbocycles. The van der Waals surface area contributed by atoms with E-state index in [4.69, 9.17) is 38.9 Å². The highest BCUT2D eigenvalue weighted by Crippen LogP contribution is 2.32. The number of carbonyl (C=O) groups is 1. The number of hydrogen-bond acceptors (Lipinski definition) is 5. The first kappa shape index (κ1) is 22.5. The van der Waals surface area contributed by atoms with Gasteiger partial charge in [-0.05, 0) is 30.7 Å². The molecule has 1 amide bonds. The van der Waals surface area contributed by atoms with E-state index >= 15 is 0 Å². The lowest BCUT2D eigenvalue weighted by molar-refractivity contribution is -0.123. The van der Waals surface area contributed by atoms with Crippen LogP contribution in [-0.4, -0.2) is 53.0 Å². The predicted octanol–water partition coefficient (Wildman–Crippen LogP) is 4.50. The van der Waals surface area contributed by atoms with Crippen molar-refractivity contribution >= 4 is 34.9 Å². The number of piperazine rings is 1. The molecule has 1 unspecified atom stereocenters. The minimum atomic E-state index is -0.266. The fraction of sp³-hybridized carbons (Fsp3) is 0.292. The van der Waals surface area contributed by atoms with Crippen molar-refractivity contribution in [2.24, 2.45) is 5.73 Å². The highest BCUT2D eigenvalue weighted by atomic mass is 35.5. The SMILES string of the molecule is CCC(C(N)=O)N1CCN(c2cnc(-c3ccc(Cl)cc3)c(-c3ccc(Cl)cc3)n2)CC1. The molecule has 2 heterocycles. The summed E-state index contributed by atoms with van der Waals surface area (Å²) in [6, 6.07) is 15.0. The number of primary amides is 1. The minimum Gasteiger partial charge on any atom is -0.368 e. The van der Waals surface area contributed by atoms with Crippen LogP contribution < -0.4 is 10.6 Å². The molecule has 32 heavy (non-hydrogen) atoms. The minimum absolute atomic E-state index is 0.222. The number of carbonyl (C=O) groups excluding carboxylic acids is 1. The summed E-state index contributed by atoms with van der Waals surface area (Å²) in [6.07, 6.45) is 2.52. The van der Waals surface area contributed by atoms with Gasteiger partial charge in [0.25, 0.3) is 0 Å². The van der Waals surface area contributed by atoms with Gasteiger partial charge in [-0.25, -0.2) is 4.98 Å². The summed E-state index contributed by atoms with van der Waals surface area (Å²) in [5, 5.41) is 1.34. The van der Waals surface area contributed by atoms with Crippen LogP contribution in [0.4, 0.5) is 5.82 Å². The zero-order valence-electron chi connectivity index (χ0n) is 17.8. The van der Waals surface area contributed by atoms with Crippen molar-refractivity contribution in [3.63, 3.8) is 0 Å². The maximum absolute atomic E-state index is 11.7. The fourth-order valence-electron chi connectivity index (χ4n) is 4.06. The summed E-state index contributed by atoms with van der Waals surface area (Å²) in [7, 11) is 0. The van der Waals surface area contributed by atoms with Gasteiger partial charge in [0, 0.05) is 47.4 Å². The fourth-order valence-corrected chi connectivity index (χ4v) is 4.31. The van der Waals surface area contributed by atoms with Gasteiger partial charge >= 0.3 is 0 Å². The summed E-state index contributed by atoms with van der Waals surface area (Å²) in [5.74, 6) is 0.539. The Kier molecular flexibility index (Phi) is 6.94. The van der Waals surface area contributed by atoms with E-state index in [2.05, 4.69) is 9.80 Å². The van der Waals surface area contributed by atoms with Gasteiger partial charge in [0.05, 0.1) is 23.6 Å². The zero-order valence-corrected chi connectivity index (χ0v) is 19.4. The van der Waals surface area contributed by atoms with E-state index in [0.29, 0.717) is 16.5 Å². The van der Waals surface area contributed by atoms with E-state index in [9.17, 15) is 4.79 Å². The molecule has 1 saturated heterocycles. The van der Waals surface area contributed by atoms with Gasteiger partial charge in [-0.2, -0.15) is 0 Å². The third-order valence-corrected chi connectivity index (χ3v) is 6.29. The molecule has 8 heteroatoms. The Hall–Kier alpha value is -2.67. The van der Waals surface area contributed by atoms with Crippen molar-refractivity contribution < 1.29 is 4.79 Å². The molecule has 2 aromatic carbocycles. The quantitative estimate of drug-likeness (QED) is 0.574. The normalized spacial score (nSPS) is 15.5. The monoisotopic (exact) mass is 469 g/mol. The van der Waals surface area contributed by atoms with E-state index in [1.807, 2.05) is 61.7 Å². The van der Waals surface area contributed by atoms with Crippen molar-refractivity contribution in [2.45, 2.75) is 19.4 Å². The largest absolute Gasteiger partial charge is 0.368 e. The number of amides is 1. The highest BCUT2D eigenvalue weighted by molar-refractivity contribution is 6.31. The molecule has 4 rings (SSSR count). The van der Waals surface area contributed by atoms with Gasteiger partial charge in [0.2, 0.25) is 5.91 Å². The molecule has 1 fully saturated rings. The summed E-state index contributed by atoms with van der Waals surface area (Å²) in [6.45, 7) is 4.98. The topological polar surface area (TPSA) is 75.4 Å². The lowest BCUT2D eigenvalue weighted by Gasteiger charge is -2.38. The maximum atomic E-state index is 11.7. The molecule has 166 valence electrons. The molecule has 0 spiro atoms. The van der Waals surface area contributed by atoms with Gasteiger partial charge in [0.1, 0.15) is 5.82 Å². The number of aromatic nitrogens is 2. The van der Waals surface area contributed by atoms with Crippen molar-refractivity contribution in [3.05, 3.63) is 64.8 Å². The first-order valence-corrected chi connectivity index (χ1v) is 11.4. The van der Waals surface area contributed by atoms with Gasteiger partial charge in [-0.15, -0.1) is 0 Å². The predicted molar refractivity (Wildman–Crippen MR) is 130 cm³/mol. The van der Waals surface area contributed by atoms with Crippen molar-refractivity contribution in [1.29, 1.82) is 0 Å². The van der Waals surface area contributed by atoms with Crippen molar-refractivity contribution in [3.8, 4) is 22.5 Å². The molecule has 0 aliphatic carbocycles. The van der Waals surface area contributed by atoms with Gasteiger partial charge in [0.15, 0.2) is 0 Å². The number of halogens is 2. The Bertz CT molecular complexity index is 1080. The molecule has 2 N–H and O–H groups in total. The van der Waals surface area contributed by atoms with Crippen LogP contribution in [0.15, 0.2) is 54.7 Å². The van der Waals surface area contributed by atoms with Crippen LogP contribution in [0.5, 0.6) is 0 Å². The van der Waals surface area contributed by atoms with Crippen molar-refractivity contribution in [1.82, 2.24) is 14.9 Å².